The normalized spacial score (nSPS) is 18.0. The van der Waals surface area contributed by atoms with Crippen molar-refractivity contribution in [3.63, 3.8) is 0 Å². The number of urea groups is 1. The molecule has 1 atom stereocenters. The van der Waals surface area contributed by atoms with Crippen molar-refractivity contribution in [2.45, 2.75) is 45.1 Å². The molecule has 0 aromatic rings. The molecule has 0 heterocycles. The Kier molecular flexibility index (Phi) is 5.02. The van der Waals surface area contributed by atoms with E-state index in [1.807, 2.05) is 6.92 Å². The lowest BCUT2D eigenvalue weighted by atomic mass is 9.66. The minimum atomic E-state index is -0.813. The van der Waals surface area contributed by atoms with Crippen molar-refractivity contribution in [2.75, 3.05) is 6.54 Å². The lowest BCUT2D eigenvalue weighted by Crippen LogP contribution is -2.48. The van der Waals surface area contributed by atoms with Crippen LogP contribution in [0.4, 0.5) is 4.79 Å². The number of nitrogens with one attached hydrogen (secondary N) is 2. The summed E-state index contributed by atoms with van der Waals surface area (Å²) in [6.07, 6.45) is 8.76. The molecule has 0 bridgehead atoms. The van der Waals surface area contributed by atoms with Gasteiger partial charge in [-0.05, 0) is 24.7 Å². The second kappa shape index (κ2) is 6.29. The summed E-state index contributed by atoms with van der Waals surface area (Å²) in [5.74, 6) is 1.66. The van der Waals surface area contributed by atoms with Gasteiger partial charge in [-0.3, -0.25) is 4.79 Å². The van der Waals surface area contributed by atoms with E-state index in [0.29, 0.717) is 13.0 Å². The molecule has 100 valence electrons. The molecule has 1 aliphatic carbocycles. The number of carboxylic acid groups (broad SMARTS) is 1. The highest BCUT2D eigenvalue weighted by molar-refractivity contribution is 5.75. The molecule has 0 spiro atoms. The maximum absolute atomic E-state index is 11.6. The molecular formula is C13H20N2O3. The van der Waals surface area contributed by atoms with E-state index >= 15 is 0 Å². The van der Waals surface area contributed by atoms with Crippen LogP contribution < -0.4 is 10.6 Å². The van der Waals surface area contributed by atoms with Crippen molar-refractivity contribution in [2.24, 2.45) is 5.41 Å². The van der Waals surface area contributed by atoms with Gasteiger partial charge in [0.25, 0.3) is 0 Å². The lowest BCUT2D eigenvalue weighted by Gasteiger charge is -2.40. The van der Waals surface area contributed by atoms with Crippen molar-refractivity contribution >= 4 is 12.0 Å². The molecule has 5 heteroatoms. The Bertz CT molecular complexity index is 356. The number of rotatable bonds is 6. The van der Waals surface area contributed by atoms with Crippen LogP contribution in [0.25, 0.3) is 0 Å². The highest BCUT2D eigenvalue weighted by Crippen LogP contribution is 2.43. The molecule has 1 fully saturated rings. The van der Waals surface area contributed by atoms with Crippen LogP contribution in [-0.2, 0) is 4.79 Å². The van der Waals surface area contributed by atoms with E-state index in [-0.39, 0.29) is 23.9 Å². The van der Waals surface area contributed by atoms with E-state index in [0.717, 1.165) is 19.3 Å². The van der Waals surface area contributed by atoms with Crippen LogP contribution in [0.5, 0.6) is 0 Å². The Morgan fingerprint density at radius 3 is 2.56 bits per heavy atom. The van der Waals surface area contributed by atoms with E-state index in [4.69, 9.17) is 11.5 Å². The average molecular weight is 252 g/mol. The van der Waals surface area contributed by atoms with Crippen molar-refractivity contribution in [3.05, 3.63) is 0 Å². The molecule has 5 nitrogen and oxygen atoms in total. The molecule has 1 aliphatic rings. The van der Waals surface area contributed by atoms with Crippen molar-refractivity contribution in [1.29, 1.82) is 0 Å². The van der Waals surface area contributed by atoms with Crippen LogP contribution in [0.2, 0.25) is 0 Å². The molecule has 0 radical (unpaired) electrons. The molecule has 2 amide bonds. The zero-order chi connectivity index (χ0) is 13.6. The SMILES string of the molecule is C#CC(CC)NC(=O)NCC1(CC(=O)O)CCC1. The van der Waals surface area contributed by atoms with E-state index < -0.39 is 5.97 Å². The third kappa shape index (κ3) is 3.95. The first-order valence-corrected chi connectivity index (χ1v) is 6.23. The van der Waals surface area contributed by atoms with Crippen LogP contribution in [0, 0.1) is 17.8 Å². The predicted molar refractivity (Wildman–Crippen MR) is 68.0 cm³/mol. The second-order valence-electron chi connectivity index (χ2n) is 4.88. The topological polar surface area (TPSA) is 78.4 Å². The number of hydrogen-bond acceptors (Lipinski definition) is 2. The van der Waals surface area contributed by atoms with Gasteiger partial charge < -0.3 is 15.7 Å². The molecule has 1 saturated carbocycles. The summed E-state index contributed by atoms with van der Waals surface area (Å²) in [6.45, 7) is 2.29. The quantitative estimate of drug-likeness (QED) is 0.624. The van der Waals surface area contributed by atoms with E-state index in [1.54, 1.807) is 0 Å². The average Bonchev–Trinajstić information content (AvgIpc) is 2.28. The molecule has 0 saturated heterocycles. The molecule has 3 N–H and O–H groups in total. The van der Waals surface area contributed by atoms with Crippen LogP contribution in [0.15, 0.2) is 0 Å². The number of carbonyl (C=O) groups excluding carboxylic acids is 1. The number of hydrogen-bond donors (Lipinski definition) is 3. The molecule has 0 aromatic carbocycles. The minimum absolute atomic E-state index is 0.111. The number of carboxylic acids is 1. The van der Waals surface area contributed by atoms with Gasteiger partial charge >= 0.3 is 12.0 Å². The third-order valence-corrected chi connectivity index (χ3v) is 3.48. The maximum atomic E-state index is 11.6. The van der Waals surface area contributed by atoms with Crippen molar-refractivity contribution in [1.82, 2.24) is 10.6 Å². The van der Waals surface area contributed by atoms with Gasteiger partial charge in [-0.25, -0.2) is 4.79 Å². The van der Waals surface area contributed by atoms with Gasteiger partial charge in [0, 0.05) is 6.54 Å². The Balaban J connectivity index is 2.37. The molecule has 1 rings (SSSR count). The van der Waals surface area contributed by atoms with Gasteiger partial charge in [0.05, 0.1) is 12.5 Å². The maximum Gasteiger partial charge on any atom is 0.315 e. The highest BCUT2D eigenvalue weighted by Gasteiger charge is 2.39. The summed E-state index contributed by atoms with van der Waals surface area (Å²) < 4.78 is 0. The van der Waals surface area contributed by atoms with Gasteiger partial charge in [-0.1, -0.05) is 19.3 Å². The van der Waals surface area contributed by atoms with Gasteiger partial charge in [0.1, 0.15) is 0 Å². The standard InChI is InChI=1S/C13H20N2O3/c1-3-10(4-2)15-12(18)14-9-13(6-5-7-13)8-11(16)17/h1,10H,4-9H2,2H3,(H,16,17)(H2,14,15,18). The monoisotopic (exact) mass is 252 g/mol. The fourth-order valence-corrected chi connectivity index (χ4v) is 2.15. The van der Waals surface area contributed by atoms with Crippen molar-refractivity contribution < 1.29 is 14.7 Å². The Morgan fingerprint density at radius 1 is 1.50 bits per heavy atom. The largest absolute Gasteiger partial charge is 0.481 e. The Hall–Kier alpha value is -1.70. The molecule has 0 aliphatic heterocycles. The fourth-order valence-electron chi connectivity index (χ4n) is 2.15. The van der Waals surface area contributed by atoms with Crippen LogP contribution >= 0.6 is 0 Å². The summed E-state index contributed by atoms with van der Waals surface area (Å²) >= 11 is 0. The fraction of sp³-hybridized carbons (Fsp3) is 0.692. The Morgan fingerprint density at radius 2 is 2.17 bits per heavy atom. The first-order chi connectivity index (χ1) is 8.51. The highest BCUT2D eigenvalue weighted by atomic mass is 16.4. The minimum Gasteiger partial charge on any atom is -0.481 e. The number of terminal acetylenes is 1. The first-order valence-electron chi connectivity index (χ1n) is 6.23. The molecular weight excluding hydrogens is 232 g/mol. The summed E-state index contributed by atoms with van der Waals surface area (Å²) in [7, 11) is 0. The van der Waals surface area contributed by atoms with Gasteiger partial charge in [-0.15, -0.1) is 6.42 Å². The van der Waals surface area contributed by atoms with Crippen LogP contribution in [0.3, 0.4) is 0 Å². The van der Waals surface area contributed by atoms with E-state index in [1.165, 1.54) is 0 Å². The van der Waals surface area contributed by atoms with Gasteiger partial charge in [-0.2, -0.15) is 0 Å². The molecule has 0 aromatic heterocycles. The Labute approximate surface area is 107 Å². The summed E-state index contributed by atoms with van der Waals surface area (Å²) in [5, 5.41) is 14.2. The third-order valence-electron chi connectivity index (χ3n) is 3.48. The predicted octanol–water partition coefficient (Wildman–Crippen LogP) is 1.34. The van der Waals surface area contributed by atoms with Gasteiger partial charge in [0.15, 0.2) is 0 Å². The lowest BCUT2D eigenvalue weighted by molar-refractivity contribution is -0.141. The summed E-state index contributed by atoms with van der Waals surface area (Å²) in [5.41, 5.74) is -0.263. The summed E-state index contributed by atoms with van der Waals surface area (Å²) in [4.78, 5) is 22.3. The number of aliphatic carboxylic acids is 1. The number of amides is 2. The first kappa shape index (κ1) is 14.4. The zero-order valence-electron chi connectivity index (χ0n) is 10.7. The second-order valence-corrected chi connectivity index (χ2v) is 4.88. The van der Waals surface area contributed by atoms with Crippen LogP contribution in [0.1, 0.15) is 39.0 Å². The van der Waals surface area contributed by atoms with Crippen LogP contribution in [-0.4, -0.2) is 29.7 Å². The van der Waals surface area contributed by atoms with E-state index in [9.17, 15) is 9.59 Å². The molecule has 1 unspecified atom stereocenters. The number of carbonyl (C=O) groups is 2. The van der Waals surface area contributed by atoms with Crippen molar-refractivity contribution in [3.8, 4) is 12.3 Å². The summed E-state index contributed by atoms with van der Waals surface area (Å²) in [6, 6.07) is -0.599. The molecule has 18 heavy (non-hydrogen) atoms. The van der Waals surface area contributed by atoms with E-state index in [2.05, 4.69) is 16.6 Å². The smallest absolute Gasteiger partial charge is 0.315 e. The van der Waals surface area contributed by atoms with Gasteiger partial charge in [0.2, 0.25) is 0 Å². The zero-order valence-corrected chi connectivity index (χ0v) is 10.7.